The van der Waals surface area contributed by atoms with Crippen LogP contribution in [-0.2, 0) is 10.0 Å². The fourth-order valence-corrected chi connectivity index (χ4v) is 4.44. The van der Waals surface area contributed by atoms with E-state index in [-0.39, 0.29) is 19.1 Å². The van der Waals surface area contributed by atoms with Crippen LogP contribution in [0.1, 0.15) is 33.8 Å². The Kier molecular flexibility index (Phi) is 5.56. The Bertz CT molecular complexity index is 913. The van der Waals surface area contributed by atoms with Gasteiger partial charge in [-0.3, -0.25) is 4.79 Å². The van der Waals surface area contributed by atoms with Gasteiger partial charge in [0.2, 0.25) is 10.0 Å². The lowest BCUT2D eigenvalue weighted by atomic mass is 10.1. The van der Waals surface area contributed by atoms with Crippen LogP contribution in [0.3, 0.4) is 0 Å². The monoisotopic (exact) mass is 410 g/mol. The first kappa shape index (κ1) is 19.1. The largest absolute Gasteiger partial charge is 0.345 e. The number of rotatable bonds is 4. The number of primary sulfonamides is 1. The van der Waals surface area contributed by atoms with E-state index in [1.165, 1.54) is 12.1 Å². The number of benzene rings is 1. The number of hydrogen-bond acceptors (Lipinski definition) is 4. The van der Waals surface area contributed by atoms with Gasteiger partial charge in [-0.15, -0.1) is 11.3 Å². The molecule has 1 unspecified atom stereocenters. The number of amides is 1. The maximum Gasteiger partial charge on any atom is 0.262 e. The second-order valence-corrected chi connectivity index (χ2v) is 8.76. The van der Waals surface area contributed by atoms with E-state index in [1.54, 1.807) is 13.8 Å². The Hall–Kier alpha value is -1.19. The summed E-state index contributed by atoms with van der Waals surface area (Å²) in [6.07, 6.45) is 0. The molecular formula is C14H13Cl2FN2O3S2. The summed E-state index contributed by atoms with van der Waals surface area (Å²) in [6, 6.07) is 3.11. The summed E-state index contributed by atoms with van der Waals surface area (Å²) in [5, 5.41) is 7.80. The maximum absolute atomic E-state index is 13.6. The molecule has 0 saturated carbocycles. The predicted molar refractivity (Wildman–Crippen MR) is 92.7 cm³/mol. The molecule has 24 heavy (non-hydrogen) atoms. The number of sulfonamides is 1. The van der Waals surface area contributed by atoms with Crippen molar-refractivity contribution in [1.29, 1.82) is 0 Å². The van der Waals surface area contributed by atoms with Crippen LogP contribution in [0.15, 0.2) is 22.4 Å². The van der Waals surface area contributed by atoms with Gasteiger partial charge in [-0.2, -0.15) is 0 Å². The van der Waals surface area contributed by atoms with Crippen LogP contribution in [-0.4, -0.2) is 14.3 Å². The van der Waals surface area contributed by atoms with Crippen molar-refractivity contribution >= 4 is 50.5 Å². The van der Waals surface area contributed by atoms with Crippen molar-refractivity contribution < 1.29 is 17.6 Å². The van der Waals surface area contributed by atoms with Crippen molar-refractivity contribution in [2.45, 2.75) is 24.1 Å². The summed E-state index contributed by atoms with van der Waals surface area (Å²) in [4.78, 5) is 12.6. The van der Waals surface area contributed by atoms with Crippen molar-refractivity contribution in [3.05, 3.63) is 50.1 Å². The topological polar surface area (TPSA) is 89.3 Å². The van der Waals surface area contributed by atoms with Crippen molar-refractivity contribution in [3.8, 4) is 0 Å². The molecule has 0 aliphatic heterocycles. The van der Waals surface area contributed by atoms with Gasteiger partial charge in [-0.05, 0) is 43.2 Å². The number of nitrogens with two attached hydrogens (primary N) is 1. The molecule has 1 aromatic carbocycles. The number of hydrogen-bond donors (Lipinski definition) is 2. The first-order valence-corrected chi connectivity index (χ1v) is 9.71. The first-order valence-electron chi connectivity index (χ1n) is 6.59. The second kappa shape index (κ2) is 6.97. The highest BCUT2D eigenvalue weighted by atomic mass is 35.5. The summed E-state index contributed by atoms with van der Waals surface area (Å²) < 4.78 is 36.2. The molecule has 1 aromatic heterocycles. The van der Waals surface area contributed by atoms with E-state index in [4.69, 9.17) is 28.3 Å². The van der Waals surface area contributed by atoms with Crippen LogP contribution in [0, 0.1) is 12.7 Å². The fourth-order valence-electron chi connectivity index (χ4n) is 2.03. The van der Waals surface area contributed by atoms with Gasteiger partial charge in [0, 0.05) is 5.02 Å². The van der Waals surface area contributed by atoms with E-state index in [1.807, 2.05) is 0 Å². The second-order valence-electron chi connectivity index (χ2n) is 5.11. The Labute approximate surface area is 152 Å². The molecule has 0 aliphatic carbocycles. The van der Waals surface area contributed by atoms with Gasteiger partial charge in [0.1, 0.15) is 10.0 Å². The molecule has 2 rings (SSSR count). The lowest BCUT2D eigenvalue weighted by molar-refractivity contribution is 0.0943. The molecule has 0 aliphatic rings. The standard InChI is InChI=1S/C14H13Cl2FN2O3S2/c1-6-3-12(24(18,21)22)23-13(6)14(20)19-7(2)8-4-11(17)10(16)5-9(8)15/h3-5,7H,1-2H3,(H,19,20)(H2,18,21,22). The molecular weight excluding hydrogens is 398 g/mol. The minimum absolute atomic E-state index is 0.103. The number of carbonyl (C=O) groups excluding carboxylic acids is 1. The van der Waals surface area contributed by atoms with Crippen LogP contribution in [0.25, 0.3) is 0 Å². The molecule has 3 N–H and O–H groups in total. The van der Waals surface area contributed by atoms with Gasteiger partial charge < -0.3 is 5.32 Å². The van der Waals surface area contributed by atoms with E-state index < -0.39 is 27.8 Å². The van der Waals surface area contributed by atoms with Crippen molar-refractivity contribution in [1.82, 2.24) is 5.32 Å². The van der Waals surface area contributed by atoms with E-state index >= 15 is 0 Å². The van der Waals surface area contributed by atoms with Gasteiger partial charge in [0.25, 0.3) is 5.91 Å². The minimum Gasteiger partial charge on any atom is -0.345 e. The van der Waals surface area contributed by atoms with Crippen molar-refractivity contribution in [3.63, 3.8) is 0 Å². The predicted octanol–water partition coefficient (Wildman–Crippen LogP) is 3.64. The molecule has 1 amide bonds. The minimum atomic E-state index is -3.88. The van der Waals surface area contributed by atoms with Crippen LogP contribution in [0.2, 0.25) is 10.0 Å². The highest BCUT2D eigenvalue weighted by Gasteiger charge is 2.22. The molecule has 5 nitrogen and oxygen atoms in total. The lowest BCUT2D eigenvalue weighted by Crippen LogP contribution is -2.26. The number of carbonyl (C=O) groups is 1. The smallest absolute Gasteiger partial charge is 0.262 e. The maximum atomic E-state index is 13.6. The van der Waals surface area contributed by atoms with Crippen molar-refractivity contribution in [2.75, 3.05) is 0 Å². The summed E-state index contributed by atoms with van der Waals surface area (Å²) in [5.74, 6) is -1.16. The molecule has 2 aromatic rings. The average Bonchev–Trinajstić information content (AvgIpc) is 2.84. The van der Waals surface area contributed by atoms with E-state index in [2.05, 4.69) is 5.32 Å². The number of halogens is 3. The van der Waals surface area contributed by atoms with Gasteiger partial charge >= 0.3 is 0 Å². The first-order chi connectivity index (χ1) is 11.0. The van der Waals surface area contributed by atoms with Gasteiger partial charge in [0.15, 0.2) is 0 Å². The normalized spacial score (nSPS) is 12.9. The third kappa shape index (κ3) is 4.07. The zero-order chi connectivity index (χ0) is 18.2. The highest BCUT2D eigenvalue weighted by Crippen LogP contribution is 2.30. The van der Waals surface area contributed by atoms with E-state index in [0.29, 0.717) is 11.1 Å². The molecule has 0 radical (unpaired) electrons. The molecule has 0 saturated heterocycles. The Morgan fingerprint density at radius 3 is 2.46 bits per heavy atom. The van der Waals surface area contributed by atoms with Crippen LogP contribution in [0.4, 0.5) is 4.39 Å². The summed E-state index contributed by atoms with van der Waals surface area (Å²) in [5.41, 5.74) is 0.829. The molecule has 0 bridgehead atoms. The summed E-state index contributed by atoms with van der Waals surface area (Å²) >= 11 is 12.4. The van der Waals surface area contributed by atoms with E-state index in [0.717, 1.165) is 17.4 Å². The molecule has 130 valence electrons. The zero-order valence-corrected chi connectivity index (χ0v) is 15.7. The quantitative estimate of drug-likeness (QED) is 0.753. The van der Waals surface area contributed by atoms with Crippen LogP contribution < -0.4 is 10.5 Å². The van der Waals surface area contributed by atoms with Gasteiger partial charge in [-0.1, -0.05) is 23.2 Å². The van der Waals surface area contributed by atoms with E-state index in [9.17, 15) is 17.6 Å². The average molecular weight is 411 g/mol. The van der Waals surface area contributed by atoms with Crippen molar-refractivity contribution in [2.24, 2.45) is 5.14 Å². The zero-order valence-electron chi connectivity index (χ0n) is 12.6. The molecule has 0 fully saturated rings. The third-order valence-corrected chi connectivity index (χ3v) is 6.51. The number of nitrogens with one attached hydrogen (secondary N) is 1. The number of thiophene rings is 1. The van der Waals surface area contributed by atoms with Crippen LogP contribution >= 0.6 is 34.5 Å². The Morgan fingerprint density at radius 2 is 1.92 bits per heavy atom. The molecule has 1 atom stereocenters. The lowest BCUT2D eigenvalue weighted by Gasteiger charge is -2.16. The molecule has 10 heteroatoms. The van der Waals surface area contributed by atoms with Gasteiger partial charge in [0.05, 0.1) is 15.9 Å². The SMILES string of the molecule is Cc1cc(S(N)(=O)=O)sc1C(=O)NC(C)c1cc(F)c(Cl)cc1Cl. The summed E-state index contributed by atoms with van der Waals surface area (Å²) in [6.45, 7) is 3.22. The highest BCUT2D eigenvalue weighted by molar-refractivity contribution is 7.91. The Morgan fingerprint density at radius 1 is 1.29 bits per heavy atom. The van der Waals surface area contributed by atoms with Gasteiger partial charge in [-0.25, -0.2) is 17.9 Å². The molecule has 1 heterocycles. The van der Waals surface area contributed by atoms with Crippen LogP contribution in [0.5, 0.6) is 0 Å². The Balaban J connectivity index is 2.27. The molecule has 0 spiro atoms. The third-order valence-electron chi connectivity index (χ3n) is 3.24. The fraction of sp³-hybridized carbons (Fsp3) is 0.214. The summed E-state index contributed by atoms with van der Waals surface area (Å²) in [7, 11) is -3.88. The number of aryl methyl sites for hydroxylation is 1.